The zero-order chi connectivity index (χ0) is 21.1. The Morgan fingerprint density at radius 1 is 1.24 bits per heavy atom. The van der Waals surface area contributed by atoms with Gasteiger partial charge in [-0.3, -0.25) is 9.69 Å². The molecule has 8 heteroatoms. The number of phenols is 1. The third kappa shape index (κ3) is 5.07. The number of thioether (sulfide) groups is 1. The van der Waals surface area contributed by atoms with Crippen LogP contribution in [0.2, 0.25) is 10.0 Å². The van der Waals surface area contributed by atoms with Crippen molar-refractivity contribution in [2.45, 2.75) is 13.8 Å². The van der Waals surface area contributed by atoms with Gasteiger partial charge in [-0.1, -0.05) is 37.0 Å². The Labute approximate surface area is 184 Å². The summed E-state index contributed by atoms with van der Waals surface area (Å²) in [5, 5.41) is 11.3. The number of nitrogens with zero attached hydrogens (tertiary/aromatic N) is 2. The van der Waals surface area contributed by atoms with Crippen LogP contribution in [0.3, 0.4) is 0 Å². The van der Waals surface area contributed by atoms with Crippen molar-refractivity contribution in [1.82, 2.24) is 4.90 Å². The number of aliphatic imine (C=N–C) groups is 1. The molecule has 0 spiro atoms. The first kappa shape index (κ1) is 21.6. The zero-order valence-electron chi connectivity index (χ0n) is 16.1. The lowest BCUT2D eigenvalue weighted by molar-refractivity contribution is -0.122. The van der Waals surface area contributed by atoms with Crippen molar-refractivity contribution in [3.8, 4) is 11.5 Å². The van der Waals surface area contributed by atoms with E-state index in [0.29, 0.717) is 32.9 Å². The van der Waals surface area contributed by atoms with Crippen molar-refractivity contribution in [2.24, 2.45) is 10.9 Å². The molecule has 5 nitrogen and oxygen atoms in total. The van der Waals surface area contributed by atoms with Gasteiger partial charge in [0.1, 0.15) is 0 Å². The zero-order valence-corrected chi connectivity index (χ0v) is 18.5. The van der Waals surface area contributed by atoms with Gasteiger partial charge in [0.15, 0.2) is 16.7 Å². The van der Waals surface area contributed by atoms with Crippen molar-refractivity contribution in [3.05, 3.63) is 56.9 Å². The van der Waals surface area contributed by atoms with Gasteiger partial charge < -0.3 is 9.84 Å². The minimum absolute atomic E-state index is 0.125. The molecule has 0 saturated carbocycles. The average molecular weight is 451 g/mol. The Kier molecular flexibility index (Phi) is 6.77. The predicted octanol–water partition coefficient (Wildman–Crippen LogP) is 5.97. The number of amides is 1. The second kappa shape index (κ2) is 9.11. The number of aromatic hydroxyl groups is 1. The smallest absolute Gasteiger partial charge is 0.266 e. The maximum Gasteiger partial charge on any atom is 0.266 e. The van der Waals surface area contributed by atoms with Crippen LogP contribution in [0.4, 0.5) is 5.69 Å². The molecule has 0 unspecified atom stereocenters. The fourth-order valence-corrected chi connectivity index (χ4v) is 4.08. The SMILES string of the molecule is COc1cc(/C=C2\SC(=Nc3ccc(Cl)cc3)N(CC(C)C)C2=O)cc(Cl)c1O. The third-order valence-corrected chi connectivity index (χ3v) is 5.60. The number of halogens is 2. The first-order chi connectivity index (χ1) is 13.8. The van der Waals surface area contributed by atoms with E-state index in [9.17, 15) is 9.90 Å². The first-order valence-electron chi connectivity index (χ1n) is 8.90. The Balaban J connectivity index is 1.99. The highest BCUT2D eigenvalue weighted by Crippen LogP contribution is 2.38. The molecule has 1 saturated heterocycles. The Hall–Kier alpha value is -2.15. The van der Waals surface area contributed by atoms with Gasteiger partial charge in [-0.05, 0) is 65.7 Å². The Morgan fingerprint density at radius 3 is 2.55 bits per heavy atom. The van der Waals surface area contributed by atoms with Crippen LogP contribution < -0.4 is 4.74 Å². The molecule has 152 valence electrons. The van der Waals surface area contributed by atoms with Gasteiger partial charge in [0.2, 0.25) is 0 Å². The van der Waals surface area contributed by atoms with Gasteiger partial charge in [0.05, 0.1) is 22.7 Å². The molecule has 3 rings (SSSR count). The molecule has 0 aromatic heterocycles. The second-order valence-corrected chi connectivity index (χ2v) is 8.70. The number of phenolic OH excluding ortho intramolecular Hbond substituents is 1. The standard InChI is InChI=1S/C21H20Cl2N2O3S/c1-12(2)11-25-20(27)18(10-13-8-16(23)19(26)17(9-13)28-3)29-21(25)24-15-6-4-14(22)5-7-15/h4-10,12,26H,11H2,1-3H3/b18-10-,24-21?. The van der Waals surface area contributed by atoms with E-state index in [0.717, 1.165) is 0 Å². The fourth-order valence-electron chi connectivity index (χ4n) is 2.73. The molecule has 1 fully saturated rings. The maximum atomic E-state index is 13.0. The number of hydrogen-bond acceptors (Lipinski definition) is 5. The molecular formula is C21H20Cl2N2O3S. The molecule has 0 bridgehead atoms. The van der Waals surface area contributed by atoms with Crippen LogP contribution in [-0.2, 0) is 4.79 Å². The van der Waals surface area contributed by atoms with Gasteiger partial charge in [0, 0.05) is 11.6 Å². The minimum atomic E-state index is -0.131. The van der Waals surface area contributed by atoms with Crippen LogP contribution in [0.25, 0.3) is 6.08 Å². The van der Waals surface area contributed by atoms with Crippen molar-refractivity contribution < 1.29 is 14.6 Å². The molecule has 1 heterocycles. The normalized spacial score (nSPS) is 17.0. The topological polar surface area (TPSA) is 62.1 Å². The van der Waals surface area contributed by atoms with E-state index in [1.54, 1.807) is 47.4 Å². The van der Waals surface area contributed by atoms with E-state index in [-0.39, 0.29) is 28.3 Å². The van der Waals surface area contributed by atoms with Gasteiger partial charge in [0.25, 0.3) is 5.91 Å². The number of carbonyl (C=O) groups is 1. The summed E-state index contributed by atoms with van der Waals surface area (Å²) in [7, 11) is 1.44. The van der Waals surface area contributed by atoms with Crippen molar-refractivity contribution in [1.29, 1.82) is 0 Å². The van der Waals surface area contributed by atoms with Crippen LogP contribution in [0.5, 0.6) is 11.5 Å². The molecule has 1 aliphatic rings. The summed E-state index contributed by atoms with van der Waals surface area (Å²) < 4.78 is 5.14. The molecular weight excluding hydrogens is 431 g/mol. The molecule has 29 heavy (non-hydrogen) atoms. The lowest BCUT2D eigenvalue weighted by Gasteiger charge is -2.17. The largest absolute Gasteiger partial charge is 0.503 e. The summed E-state index contributed by atoms with van der Waals surface area (Å²) >= 11 is 13.3. The van der Waals surface area contributed by atoms with E-state index >= 15 is 0 Å². The fraction of sp³-hybridized carbons (Fsp3) is 0.238. The van der Waals surface area contributed by atoms with Crippen LogP contribution in [0.15, 0.2) is 46.3 Å². The summed E-state index contributed by atoms with van der Waals surface area (Å²) in [4.78, 5) is 19.9. The molecule has 1 N–H and O–H groups in total. The maximum absolute atomic E-state index is 13.0. The van der Waals surface area contributed by atoms with Crippen molar-refractivity contribution in [2.75, 3.05) is 13.7 Å². The van der Waals surface area contributed by atoms with Gasteiger partial charge in [-0.2, -0.15) is 0 Å². The van der Waals surface area contributed by atoms with Gasteiger partial charge >= 0.3 is 0 Å². The van der Waals surface area contributed by atoms with E-state index in [4.69, 9.17) is 27.9 Å². The lowest BCUT2D eigenvalue weighted by Crippen LogP contribution is -2.32. The van der Waals surface area contributed by atoms with Crippen LogP contribution in [-0.4, -0.2) is 34.7 Å². The summed E-state index contributed by atoms with van der Waals surface area (Å²) in [6, 6.07) is 10.3. The Bertz CT molecular complexity index is 988. The van der Waals surface area contributed by atoms with Crippen LogP contribution >= 0.6 is 35.0 Å². The molecule has 0 radical (unpaired) electrons. The summed E-state index contributed by atoms with van der Waals surface area (Å²) in [5.41, 5.74) is 1.37. The highest BCUT2D eigenvalue weighted by molar-refractivity contribution is 8.18. The molecule has 2 aromatic carbocycles. The quantitative estimate of drug-likeness (QED) is 0.570. The molecule has 0 aliphatic carbocycles. The minimum Gasteiger partial charge on any atom is -0.503 e. The number of hydrogen-bond donors (Lipinski definition) is 1. The molecule has 2 aromatic rings. The highest BCUT2D eigenvalue weighted by Gasteiger charge is 2.33. The van der Waals surface area contributed by atoms with Gasteiger partial charge in [-0.15, -0.1) is 0 Å². The number of carbonyl (C=O) groups excluding carboxylic acids is 1. The van der Waals surface area contributed by atoms with E-state index in [2.05, 4.69) is 4.99 Å². The number of rotatable bonds is 5. The number of benzene rings is 2. The highest BCUT2D eigenvalue weighted by atomic mass is 35.5. The van der Waals surface area contributed by atoms with E-state index in [1.165, 1.54) is 18.9 Å². The molecule has 1 amide bonds. The summed E-state index contributed by atoms with van der Waals surface area (Å²) in [6.07, 6.45) is 1.72. The van der Waals surface area contributed by atoms with Gasteiger partial charge in [-0.25, -0.2) is 4.99 Å². The Morgan fingerprint density at radius 2 is 1.93 bits per heavy atom. The third-order valence-electron chi connectivity index (χ3n) is 4.06. The second-order valence-electron chi connectivity index (χ2n) is 6.84. The first-order valence-corrected chi connectivity index (χ1v) is 10.5. The summed E-state index contributed by atoms with van der Waals surface area (Å²) in [6.45, 7) is 4.64. The van der Waals surface area contributed by atoms with Crippen molar-refractivity contribution >= 4 is 57.8 Å². The molecule has 0 atom stereocenters. The number of ether oxygens (including phenoxy) is 1. The monoisotopic (exact) mass is 450 g/mol. The number of amidine groups is 1. The summed E-state index contributed by atoms with van der Waals surface area (Å²) in [5.74, 6) is 0.263. The molecule has 1 aliphatic heterocycles. The van der Waals surface area contributed by atoms with E-state index in [1.807, 2.05) is 13.8 Å². The van der Waals surface area contributed by atoms with Crippen LogP contribution in [0, 0.1) is 5.92 Å². The predicted molar refractivity (Wildman–Crippen MR) is 120 cm³/mol. The van der Waals surface area contributed by atoms with Crippen LogP contribution in [0.1, 0.15) is 19.4 Å². The van der Waals surface area contributed by atoms with Crippen molar-refractivity contribution in [3.63, 3.8) is 0 Å². The average Bonchev–Trinajstić information content (AvgIpc) is 2.94. The number of methoxy groups -OCH3 is 1. The lowest BCUT2D eigenvalue weighted by atomic mass is 10.1. The van der Waals surface area contributed by atoms with E-state index < -0.39 is 0 Å².